The average Bonchev–Trinajstić information content (AvgIpc) is 3.17. The number of hydrogen-bond donors (Lipinski definition) is 3. The molecular weight excluding hydrogens is 468 g/mol. The number of alkyl carbamates (subject to hydrolysis) is 1. The van der Waals surface area contributed by atoms with E-state index >= 15 is 0 Å². The van der Waals surface area contributed by atoms with Crippen molar-refractivity contribution in [3.63, 3.8) is 0 Å². The topological polar surface area (TPSA) is 105 Å². The van der Waals surface area contributed by atoms with E-state index in [1.54, 1.807) is 13.8 Å². The second-order valence-corrected chi connectivity index (χ2v) is 9.00. The van der Waals surface area contributed by atoms with Crippen LogP contribution in [0.25, 0.3) is 11.1 Å². The molecule has 2 amide bonds. The highest BCUT2D eigenvalue weighted by Gasteiger charge is 2.35. The van der Waals surface area contributed by atoms with E-state index in [2.05, 4.69) is 22.8 Å². The number of nitrogens with one attached hydrogen (secondary N) is 2. The minimum Gasteiger partial charge on any atom is -0.478 e. The third-order valence-corrected chi connectivity index (χ3v) is 6.71. The molecule has 0 aliphatic heterocycles. The molecule has 7 nitrogen and oxygen atoms in total. The van der Waals surface area contributed by atoms with Gasteiger partial charge in [0.25, 0.3) is 0 Å². The van der Waals surface area contributed by atoms with Gasteiger partial charge < -0.3 is 20.5 Å². The predicted molar refractivity (Wildman–Crippen MR) is 134 cm³/mol. The molecule has 180 valence electrons. The van der Waals surface area contributed by atoms with E-state index in [4.69, 9.17) is 21.4 Å². The fraction of sp³-hybridized carbons (Fsp3) is 0.222. The number of fused-ring (bicyclic) bond motifs is 3. The zero-order valence-electron chi connectivity index (χ0n) is 19.3. The molecule has 4 rings (SSSR count). The Morgan fingerprint density at radius 3 is 2.14 bits per heavy atom. The molecule has 0 bridgehead atoms. The standard InChI is InChI=1S/C27H25ClN2O5/c1-3-27(2,25(33)29-23-13-12-16(24(31)32)14-22(23)28)30-26(34)35-15-21-19-10-6-4-8-17(19)18-9-5-7-11-20(18)21/h4-14,21H,3,15H2,1-2H3,(H,29,33)(H,30,34)(H,31,32). The summed E-state index contributed by atoms with van der Waals surface area (Å²) in [6, 6.07) is 20.1. The van der Waals surface area contributed by atoms with E-state index in [1.807, 2.05) is 36.4 Å². The largest absolute Gasteiger partial charge is 0.478 e. The van der Waals surface area contributed by atoms with Crippen LogP contribution in [-0.4, -0.2) is 35.2 Å². The van der Waals surface area contributed by atoms with Gasteiger partial charge >= 0.3 is 12.1 Å². The number of anilines is 1. The number of carbonyl (C=O) groups excluding carboxylic acids is 2. The maximum Gasteiger partial charge on any atom is 0.408 e. The minimum absolute atomic E-state index is 0.00279. The maximum atomic E-state index is 13.0. The highest BCUT2D eigenvalue weighted by Crippen LogP contribution is 2.44. The highest BCUT2D eigenvalue weighted by atomic mass is 35.5. The Balaban J connectivity index is 1.43. The molecule has 3 aromatic carbocycles. The molecule has 0 fully saturated rings. The molecule has 35 heavy (non-hydrogen) atoms. The highest BCUT2D eigenvalue weighted by molar-refractivity contribution is 6.34. The Morgan fingerprint density at radius 2 is 1.60 bits per heavy atom. The summed E-state index contributed by atoms with van der Waals surface area (Å²) in [5.41, 5.74) is 3.41. The van der Waals surface area contributed by atoms with Crippen LogP contribution in [0.1, 0.15) is 47.7 Å². The smallest absolute Gasteiger partial charge is 0.408 e. The third kappa shape index (κ3) is 4.86. The van der Waals surface area contributed by atoms with E-state index < -0.39 is 23.5 Å². The van der Waals surface area contributed by atoms with Crippen molar-refractivity contribution in [3.05, 3.63) is 88.4 Å². The number of carboxylic acids is 1. The monoisotopic (exact) mass is 492 g/mol. The number of amides is 2. The SMILES string of the molecule is CCC(C)(NC(=O)OCC1c2ccccc2-c2ccccc21)C(=O)Nc1ccc(C(=O)O)cc1Cl. The van der Waals surface area contributed by atoms with Gasteiger partial charge in [0.1, 0.15) is 12.1 Å². The van der Waals surface area contributed by atoms with Crippen molar-refractivity contribution in [3.8, 4) is 11.1 Å². The number of carboxylic acid groups (broad SMARTS) is 1. The van der Waals surface area contributed by atoms with Gasteiger partial charge in [0.05, 0.1) is 16.3 Å². The summed E-state index contributed by atoms with van der Waals surface area (Å²) in [6.07, 6.45) is -0.424. The molecule has 0 saturated carbocycles. The van der Waals surface area contributed by atoms with E-state index in [0.717, 1.165) is 22.3 Å². The van der Waals surface area contributed by atoms with Crippen molar-refractivity contribution < 1.29 is 24.2 Å². The fourth-order valence-corrected chi connectivity index (χ4v) is 4.40. The first-order valence-electron chi connectivity index (χ1n) is 11.2. The van der Waals surface area contributed by atoms with Crippen LogP contribution in [0, 0.1) is 0 Å². The molecular formula is C27H25ClN2O5. The number of aromatic carboxylic acids is 1. The van der Waals surface area contributed by atoms with Gasteiger partial charge in [-0.1, -0.05) is 67.1 Å². The lowest BCUT2D eigenvalue weighted by Gasteiger charge is -2.28. The van der Waals surface area contributed by atoms with Crippen LogP contribution in [0.2, 0.25) is 5.02 Å². The van der Waals surface area contributed by atoms with E-state index in [-0.39, 0.29) is 35.2 Å². The van der Waals surface area contributed by atoms with Crippen LogP contribution in [0.5, 0.6) is 0 Å². The molecule has 1 aliphatic carbocycles. The lowest BCUT2D eigenvalue weighted by Crippen LogP contribution is -2.54. The summed E-state index contributed by atoms with van der Waals surface area (Å²) in [6.45, 7) is 3.48. The molecule has 3 aromatic rings. The van der Waals surface area contributed by atoms with Gasteiger partial charge in [0.2, 0.25) is 5.91 Å². The lowest BCUT2D eigenvalue weighted by molar-refractivity contribution is -0.121. The molecule has 3 N–H and O–H groups in total. The molecule has 1 unspecified atom stereocenters. The predicted octanol–water partition coefficient (Wildman–Crippen LogP) is 5.68. The fourth-order valence-electron chi connectivity index (χ4n) is 4.18. The summed E-state index contributed by atoms with van der Waals surface area (Å²) in [5.74, 6) is -1.72. The van der Waals surface area contributed by atoms with Crippen LogP contribution in [-0.2, 0) is 9.53 Å². The third-order valence-electron chi connectivity index (χ3n) is 6.39. The molecule has 0 saturated heterocycles. The van der Waals surface area contributed by atoms with E-state index in [0.29, 0.717) is 0 Å². The van der Waals surface area contributed by atoms with Crippen molar-refractivity contribution in [2.24, 2.45) is 0 Å². The maximum absolute atomic E-state index is 13.0. The Morgan fingerprint density at radius 1 is 1.00 bits per heavy atom. The van der Waals surface area contributed by atoms with Crippen molar-refractivity contribution in [1.29, 1.82) is 0 Å². The molecule has 0 heterocycles. The quantitative estimate of drug-likeness (QED) is 0.393. The zero-order chi connectivity index (χ0) is 25.2. The molecule has 0 aromatic heterocycles. The Kier molecular flexibility index (Phi) is 6.80. The summed E-state index contributed by atoms with van der Waals surface area (Å²) in [4.78, 5) is 36.8. The van der Waals surface area contributed by atoms with Crippen LogP contribution in [0.4, 0.5) is 10.5 Å². The van der Waals surface area contributed by atoms with Gasteiger partial charge in [-0.15, -0.1) is 0 Å². The van der Waals surface area contributed by atoms with Crippen molar-refractivity contribution in [1.82, 2.24) is 5.32 Å². The number of carbonyl (C=O) groups is 3. The van der Waals surface area contributed by atoms with Crippen molar-refractivity contribution in [2.75, 3.05) is 11.9 Å². The summed E-state index contributed by atoms with van der Waals surface area (Å²) in [5, 5.41) is 14.5. The number of hydrogen-bond acceptors (Lipinski definition) is 4. The minimum atomic E-state index is -1.28. The van der Waals surface area contributed by atoms with Crippen LogP contribution in [0.3, 0.4) is 0 Å². The Hall–Kier alpha value is -3.84. The van der Waals surface area contributed by atoms with Gasteiger partial charge in [-0.25, -0.2) is 9.59 Å². The van der Waals surface area contributed by atoms with E-state index in [1.165, 1.54) is 18.2 Å². The van der Waals surface area contributed by atoms with Gasteiger partial charge in [0, 0.05) is 5.92 Å². The summed E-state index contributed by atoms with van der Waals surface area (Å²) >= 11 is 6.13. The van der Waals surface area contributed by atoms with Gasteiger partial charge in [-0.2, -0.15) is 0 Å². The van der Waals surface area contributed by atoms with Gasteiger partial charge in [-0.3, -0.25) is 4.79 Å². The number of ether oxygens (including phenoxy) is 1. The zero-order valence-corrected chi connectivity index (χ0v) is 20.1. The van der Waals surface area contributed by atoms with Gasteiger partial charge in [-0.05, 0) is 53.8 Å². The number of rotatable bonds is 7. The van der Waals surface area contributed by atoms with Crippen molar-refractivity contribution in [2.45, 2.75) is 31.7 Å². The Bertz CT molecular complexity index is 1260. The van der Waals surface area contributed by atoms with Crippen molar-refractivity contribution >= 4 is 35.3 Å². The molecule has 8 heteroatoms. The number of halogens is 1. The Labute approximate surface area is 208 Å². The lowest BCUT2D eigenvalue weighted by atomic mass is 9.97. The first-order chi connectivity index (χ1) is 16.7. The van der Waals surface area contributed by atoms with E-state index in [9.17, 15) is 14.4 Å². The second-order valence-electron chi connectivity index (χ2n) is 8.59. The summed E-state index contributed by atoms with van der Waals surface area (Å²) in [7, 11) is 0. The first-order valence-corrected chi connectivity index (χ1v) is 11.6. The van der Waals surface area contributed by atoms with Crippen LogP contribution >= 0.6 is 11.6 Å². The molecule has 1 atom stereocenters. The van der Waals surface area contributed by atoms with Crippen LogP contribution < -0.4 is 10.6 Å². The van der Waals surface area contributed by atoms with Gasteiger partial charge in [0.15, 0.2) is 0 Å². The normalized spacial score (nSPS) is 13.8. The first kappa shape index (κ1) is 24.3. The van der Waals surface area contributed by atoms with Crippen LogP contribution in [0.15, 0.2) is 66.7 Å². The molecule has 0 spiro atoms. The average molecular weight is 493 g/mol. The molecule has 0 radical (unpaired) electrons. The number of benzene rings is 3. The summed E-state index contributed by atoms with van der Waals surface area (Å²) < 4.78 is 5.58. The second kappa shape index (κ2) is 9.80. The molecule has 1 aliphatic rings.